The lowest BCUT2D eigenvalue weighted by Gasteiger charge is -2.43. The molecule has 0 aliphatic carbocycles. The number of terminal acetylenes is 1. The highest BCUT2D eigenvalue weighted by Crippen LogP contribution is 2.32. The van der Waals surface area contributed by atoms with Crippen LogP contribution >= 0.6 is 11.8 Å². The van der Waals surface area contributed by atoms with Gasteiger partial charge in [-0.3, -0.25) is 9.59 Å². The minimum atomic E-state index is -1.00. The number of para-hydroxylation sites is 1. The second kappa shape index (κ2) is 13.8. The van der Waals surface area contributed by atoms with Crippen LogP contribution in [-0.4, -0.2) is 52.0 Å². The molecule has 2 aromatic carbocycles. The topological polar surface area (TPSA) is 87.7 Å². The van der Waals surface area contributed by atoms with Gasteiger partial charge in [-0.25, -0.2) is 4.79 Å². The molecule has 0 aliphatic heterocycles. The van der Waals surface area contributed by atoms with E-state index in [1.54, 1.807) is 61.7 Å². The molecule has 2 rings (SSSR count). The molecule has 0 radical (unpaired) electrons. The van der Waals surface area contributed by atoms with Crippen LogP contribution in [0.2, 0.25) is 0 Å². The van der Waals surface area contributed by atoms with Crippen molar-refractivity contribution in [3.8, 4) is 12.3 Å². The molecule has 0 aliphatic rings. The van der Waals surface area contributed by atoms with E-state index < -0.39 is 29.3 Å². The Morgan fingerprint density at radius 1 is 1.00 bits per heavy atom. The average molecular weight is 566 g/mol. The van der Waals surface area contributed by atoms with Gasteiger partial charge in [-0.05, 0) is 103 Å². The highest BCUT2D eigenvalue weighted by molar-refractivity contribution is 7.98. The predicted molar refractivity (Wildman–Crippen MR) is 164 cm³/mol. The number of benzene rings is 2. The van der Waals surface area contributed by atoms with Crippen LogP contribution in [0.3, 0.4) is 0 Å². The fraction of sp³-hybridized carbons (Fsp3) is 0.469. The highest BCUT2D eigenvalue weighted by atomic mass is 32.2. The number of nitrogens with one attached hydrogen (secondary N) is 2. The molecule has 0 saturated heterocycles. The van der Waals surface area contributed by atoms with E-state index in [-0.39, 0.29) is 11.8 Å². The smallest absolute Gasteiger partial charge is 0.408 e. The van der Waals surface area contributed by atoms with Crippen LogP contribution in [0.25, 0.3) is 0 Å². The molecule has 40 heavy (non-hydrogen) atoms. The third kappa shape index (κ3) is 9.06. The number of carbonyl (C=O) groups excluding carboxylic acids is 3. The zero-order valence-electron chi connectivity index (χ0n) is 25.2. The number of nitrogens with zero attached hydrogens (tertiary/aromatic N) is 1. The standard InChI is InChI=1S/C32H43N3O4S/c1-11-23-15-17-24(18-16-23)27(28(36)34-26-21(2)13-12-14-22(26)3)35(31(4,5)6)29(37)25(19-20-40-10)33-30(38)39-32(7,8)9/h1,12-18,25,27H,19-20H2,2-10H3,(H,33,38)(H,34,36). The lowest BCUT2D eigenvalue weighted by atomic mass is 9.94. The number of alkyl carbamates (subject to hydrolysis) is 1. The fourth-order valence-electron chi connectivity index (χ4n) is 4.34. The number of hydrogen-bond donors (Lipinski definition) is 2. The summed E-state index contributed by atoms with van der Waals surface area (Å²) in [5.41, 5.74) is 2.26. The molecule has 8 heteroatoms. The summed E-state index contributed by atoms with van der Waals surface area (Å²) < 4.78 is 5.46. The Bertz CT molecular complexity index is 1220. The van der Waals surface area contributed by atoms with Crippen LogP contribution in [0, 0.1) is 26.2 Å². The average Bonchev–Trinajstić information content (AvgIpc) is 2.85. The van der Waals surface area contributed by atoms with E-state index in [0.717, 1.165) is 11.1 Å². The van der Waals surface area contributed by atoms with Gasteiger partial charge in [0.15, 0.2) is 0 Å². The Labute approximate surface area is 243 Å². The number of aryl methyl sites for hydroxylation is 2. The maximum Gasteiger partial charge on any atom is 0.408 e. The highest BCUT2D eigenvalue weighted by Gasteiger charge is 2.42. The zero-order chi connectivity index (χ0) is 30.3. The summed E-state index contributed by atoms with van der Waals surface area (Å²) in [4.78, 5) is 42.8. The molecule has 3 amide bonds. The summed E-state index contributed by atoms with van der Waals surface area (Å²) in [6.45, 7) is 14.8. The first-order valence-corrected chi connectivity index (χ1v) is 14.7. The predicted octanol–water partition coefficient (Wildman–Crippen LogP) is 6.24. The van der Waals surface area contributed by atoms with Gasteiger partial charge in [0.05, 0.1) is 0 Å². The van der Waals surface area contributed by atoms with Crippen LogP contribution in [-0.2, 0) is 14.3 Å². The van der Waals surface area contributed by atoms with Crippen molar-refractivity contribution in [2.75, 3.05) is 17.3 Å². The summed E-state index contributed by atoms with van der Waals surface area (Å²) in [6, 6.07) is 10.9. The van der Waals surface area contributed by atoms with Gasteiger partial charge < -0.3 is 20.3 Å². The van der Waals surface area contributed by atoms with Crippen molar-refractivity contribution < 1.29 is 19.1 Å². The quantitative estimate of drug-likeness (QED) is 0.352. The minimum Gasteiger partial charge on any atom is -0.444 e. The van der Waals surface area contributed by atoms with Crippen LogP contribution in [0.1, 0.15) is 76.3 Å². The van der Waals surface area contributed by atoms with Crippen molar-refractivity contribution in [3.63, 3.8) is 0 Å². The number of amides is 3. The van der Waals surface area contributed by atoms with E-state index in [4.69, 9.17) is 11.2 Å². The summed E-state index contributed by atoms with van der Waals surface area (Å²) >= 11 is 1.57. The third-order valence-electron chi connectivity index (χ3n) is 6.19. The number of ether oxygens (including phenoxy) is 1. The second-order valence-electron chi connectivity index (χ2n) is 11.8. The van der Waals surface area contributed by atoms with Gasteiger partial charge in [-0.1, -0.05) is 36.3 Å². The molecular weight excluding hydrogens is 522 g/mol. The lowest BCUT2D eigenvalue weighted by molar-refractivity contribution is -0.146. The number of anilines is 1. The molecular formula is C32H43N3O4S. The van der Waals surface area contributed by atoms with Crippen molar-refractivity contribution in [1.82, 2.24) is 10.2 Å². The molecule has 0 heterocycles. The lowest BCUT2D eigenvalue weighted by Crippen LogP contribution is -2.58. The van der Waals surface area contributed by atoms with Crippen LogP contribution < -0.4 is 10.6 Å². The first-order valence-electron chi connectivity index (χ1n) is 13.3. The van der Waals surface area contributed by atoms with Crippen LogP contribution in [0.5, 0.6) is 0 Å². The van der Waals surface area contributed by atoms with Gasteiger partial charge in [0.2, 0.25) is 5.91 Å². The van der Waals surface area contributed by atoms with Crippen molar-refractivity contribution >= 4 is 35.4 Å². The monoisotopic (exact) mass is 565 g/mol. The largest absolute Gasteiger partial charge is 0.444 e. The fourth-order valence-corrected chi connectivity index (χ4v) is 4.81. The van der Waals surface area contributed by atoms with Gasteiger partial charge in [-0.2, -0.15) is 11.8 Å². The van der Waals surface area contributed by atoms with E-state index in [1.807, 2.05) is 59.1 Å². The Morgan fingerprint density at radius 2 is 1.57 bits per heavy atom. The molecule has 7 nitrogen and oxygen atoms in total. The minimum absolute atomic E-state index is 0.366. The first kappa shape index (κ1) is 32.8. The van der Waals surface area contributed by atoms with Crippen molar-refractivity contribution in [2.45, 2.75) is 85.0 Å². The van der Waals surface area contributed by atoms with Gasteiger partial charge in [0.25, 0.3) is 5.91 Å². The molecule has 0 fully saturated rings. The van der Waals surface area contributed by atoms with Crippen molar-refractivity contribution in [2.24, 2.45) is 0 Å². The molecule has 2 aromatic rings. The van der Waals surface area contributed by atoms with E-state index in [2.05, 4.69) is 16.6 Å². The maximum absolute atomic E-state index is 14.4. The summed E-state index contributed by atoms with van der Waals surface area (Å²) in [7, 11) is 0. The Kier molecular flexibility index (Phi) is 11.3. The van der Waals surface area contributed by atoms with Crippen LogP contribution in [0.4, 0.5) is 10.5 Å². The second-order valence-corrected chi connectivity index (χ2v) is 12.8. The number of rotatable bonds is 9. The maximum atomic E-state index is 14.4. The van der Waals surface area contributed by atoms with Crippen molar-refractivity contribution in [1.29, 1.82) is 0 Å². The van der Waals surface area contributed by atoms with E-state index in [1.165, 1.54) is 0 Å². The zero-order valence-corrected chi connectivity index (χ0v) is 26.0. The Hall–Kier alpha value is -3.44. The molecule has 2 atom stereocenters. The molecule has 0 spiro atoms. The van der Waals surface area contributed by atoms with E-state index in [0.29, 0.717) is 29.0 Å². The molecule has 216 valence electrons. The number of thioether (sulfide) groups is 1. The van der Waals surface area contributed by atoms with E-state index in [9.17, 15) is 14.4 Å². The number of carbonyl (C=O) groups is 3. The van der Waals surface area contributed by atoms with Crippen LogP contribution in [0.15, 0.2) is 42.5 Å². The summed E-state index contributed by atoms with van der Waals surface area (Å²) in [6.07, 6.45) is 7.20. The van der Waals surface area contributed by atoms with Gasteiger partial charge in [0, 0.05) is 16.8 Å². The van der Waals surface area contributed by atoms with Gasteiger partial charge in [0.1, 0.15) is 17.7 Å². The first-order chi connectivity index (χ1) is 18.6. The SMILES string of the molecule is C#Cc1ccc(C(C(=O)Nc2c(C)cccc2C)N(C(=O)C(CCSC)NC(=O)OC(C)(C)C)C(C)(C)C)cc1. The van der Waals surface area contributed by atoms with Gasteiger partial charge >= 0.3 is 6.09 Å². The van der Waals surface area contributed by atoms with Gasteiger partial charge in [-0.15, -0.1) is 6.42 Å². The Balaban J connectivity index is 2.63. The normalized spacial score (nSPS) is 13.0. The van der Waals surface area contributed by atoms with Crippen molar-refractivity contribution in [3.05, 3.63) is 64.7 Å². The molecule has 0 aromatic heterocycles. The summed E-state index contributed by atoms with van der Waals surface area (Å²) in [5.74, 6) is 2.48. The molecule has 0 bridgehead atoms. The molecule has 2 unspecified atom stereocenters. The molecule has 0 saturated carbocycles. The molecule has 2 N–H and O–H groups in total. The Morgan fingerprint density at radius 3 is 2.05 bits per heavy atom. The third-order valence-corrected chi connectivity index (χ3v) is 6.83. The summed E-state index contributed by atoms with van der Waals surface area (Å²) in [5, 5.41) is 5.85. The number of hydrogen-bond acceptors (Lipinski definition) is 5. The van der Waals surface area contributed by atoms with E-state index >= 15 is 0 Å².